The first-order chi connectivity index (χ1) is 19.9. The van der Waals surface area contributed by atoms with Crippen molar-refractivity contribution in [1.29, 1.82) is 0 Å². The third kappa shape index (κ3) is 5.85. The van der Waals surface area contributed by atoms with E-state index in [0.717, 1.165) is 11.1 Å². The lowest BCUT2D eigenvalue weighted by molar-refractivity contribution is -0.139. The molecule has 210 valence electrons. The van der Waals surface area contributed by atoms with Gasteiger partial charge >= 0.3 is 5.97 Å². The maximum absolute atomic E-state index is 14.1. The molecular formula is C32H29FN2O5S. The lowest BCUT2D eigenvalue weighted by Gasteiger charge is -2.24. The third-order valence-corrected chi connectivity index (χ3v) is 7.52. The molecule has 0 unspecified atom stereocenters. The zero-order valence-corrected chi connectivity index (χ0v) is 23.7. The number of rotatable bonds is 9. The zero-order valence-electron chi connectivity index (χ0n) is 22.9. The van der Waals surface area contributed by atoms with Crippen LogP contribution in [0.25, 0.3) is 6.08 Å². The number of ether oxygens (including phenoxy) is 3. The molecule has 5 rings (SSSR count). The Morgan fingerprint density at radius 1 is 1.00 bits per heavy atom. The van der Waals surface area contributed by atoms with E-state index in [1.54, 1.807) is 60.9 Å². The predicted octanol–water partition coefficient (Wildman–Crippen LogP) is 4.92. The summed E-state index contributed by atoms with van der Waals surface area (Å²) in [6.45, 7) is 6.02. The van der Waals surface area contributed by atoms with E-state index in [0.29, 0.717) is 44.3 Å². The van der Waals surface area contributed by atoms with Crippen LogP contribution in [-0.2, 0) is 16.1 Å². The lowest BCUT2D eigenvalue weighted by Crippen LogP contribution is -2.39. The highest BCUT2D eigenvalue weighted by atomic mass is 32.1. The molecule has 0 aliphatic carbocycles. The van der Waals surface area contributed by atoms with Gasteiger partial charge in [0.25, 0.3) is 5.56 Å². The van der Waals surface area contributed by atoms with Crippen molar-refractivity contribution in [1.82, 2.24) is 4.57 Å². The van der Waals surface area contributed by atoms with Gasteiger partial charge in [-0.3, -0.25) is 9.36 Å². The van der Waals surface area contributed by atoms with Crippen LogP contribution in [0.4, 0.5) is 4.39 Å². The standard InChI is InChI=1S/C32H29FN2O5S/c1-4-38-26-17-21(15-16-25(26)40-19-23-13-9-10-14-24(23)33)18-27-30(36)35-29(22-11-7-6-8-12-22)28(31(37)39-5-2)20(3)34-32(35)41-27/h6-18,29H,4-5,19H2,1-3H3/t29-/m1/s1. The van der Waals surface area contributed by atoms with Crippen LogP contribution in [0.15, 0.2) is 93.9 Å². The van der Waals surface area contributed by atoms with Gasteiger partial charge in [-0.1, -0.05) is 65.9 Å². The summed E-state index contributed by atoms with van der Waals surface area (Å²) in [4.78, 5) is 31.9. The highest BCUT2D eigenvalue weighted by molar-refractivity contribution is 7.07. The van der Waals surface area contributed by atoms with Crippen molar-refractivity contribution in [3.05, 3.63) is 126 Å². The summed E-state index contributed by atoms with van der Waals surface area (Å²) < 4.78 is 33.1. The van der Waals surface area contributed by atoms with Gasteiger partial charge < -0.3 is 14.2 Å². The summed E-state index contributed by atoms with van der Waals surface area (Å²) in [6.07, 6.45) is 1.76. The SMILES string of the molecule is CCOC(=O)C1=C(C)N=c2sc(=Cc3ccc(OCc4ccccc4F)c(OCC)c3)c(=O)n2[C@@H]1c1ccccc1. The molecule has 1 aromatic heterocycles. The zero-order chi connectivity index (χ0) is 28.9. The Kier molecular flexibility index (Phi) is 8.45. The minimum Gasteiger partial charge on any atom is -0.490 e. The molecule has 0 fully saturated rings. The molecule has 1 atom stereocenters. The second-order valence-electron chi connectivity index (χ2n) is 9.23. The van der Waals surface area contributed by atoms with Gasteiger partial charge in [0.1, 0.15) is 12.4 Å². The second-order valence-corrected chi connectivity index (χ2v) is 10.2. The molecular weight excluding hydrogens is 543 g/mol. The number of benzene rings is 3. The van der Waals surface area contributed by atoms with E-state index in [9.17, 15) is 14.0 Å². The van der Waals surface area contributed by atoms with Gasteiger partial charge in [0.2, 0.25) is 0 Å². The number of carbonyl (C=O) groups excluding carboxylic acids is 1. The third-order valence-electron chi connectivity index (χ3n) is 6.54. The summed E-state index contributed by atoms with van der Waals surface area (Å²) in [7, 11) is 0. The van der Waals surface area contributed by atoms with E-state index in [-0.39, 0.29) is 24.6 Å². The normalized spacial score (nSPS) is 14.8. The molecule has 0 spiro atoms. The fraction of sp³-hybridized carbons (Fsp3) is 0.219. The molecule has 7 nitrogen and oxygen atoms in total. The highest BCUT2D eigenvalue weighted by Gasteiger charge is 2.33. The fourth-order valence-electron chi connectivity index (χ4n) is 4.67. The molecule has 1 aliphatic heterocycles. The van der Waals surface area contributed by atoms with Crippen molar-refractivity contribution >= 4 is 23.4 Å². The topological polar surface area (TPSA) is 79.1 Å². The average Bonchev–Trinajstić information content (AvgIpc) is 3.27. The molecule has 0 saturated heterocycles. The van der Waals surface area contributed by atoms with E-state index in [1.807, 2.05) is 37.3 Å². The van der Waals surface area contributed by atoms with Crippen molar-refractivity contribution in [2.75, 3.05) is 13.2 Å². The molecule has 9 heteroatoms. The van der Waals surface area contributed by atoms with Crippen LogP contribution >= 0.6 is 11.3 Å². The number of halogens is 1. The van der Waals surface area contributed by atoms with Gasteiger partial charge in [-0.2, -0.15) is 0 Å². The first kappa shape index (κ1) is 28.0. The van der Waals surface area contributed by atoms with Crippen molar-refractivity contribution in [3.8, 4) is 11.5 Å². The fourth-order valence-corrected chi connectivity index (χ4v) is 5.71. The van der Waals surface area contributed by atoms with Crippen molar-refractivity contribution in [3.63, 3.8) is 0 Å². The van der Waals surface area contributed by atoms with Crippen LogP contribution in [-0.4, -0.2) is 23.8 Å². The van der Waals surface area contributed by atoms with Crippen LogP contribution < -0.4 is 24.4 Å². The van der Waals surface area contributed by atoms with Gasteiger partial charge in [0, 0.05) is 5.56 Å². The number of aromatic nitrogens is 1. The number of carbonyl (C=O) groups is 1. The Morgan fingerprint density at radius 3 is 2.49 bits per heavy atom. The van der Waals surface area contributed by atoms with Crippen LogP contribution in [0.2, 0.25) is 0 Å². The second kappa shape index (κ2) is 12.3. The number of hydrogen-bond acceptors (Lipinski definition) is 7. The first-order valence-electron chi connectivity index (χ1n) is 13.3. The Balaban J connectivity index is 1.55. The number of allylic oxidation sites excluding steroid dienone is 1. The Labute approximate surface area is 240 Å². The van der Waals surface area contributed by atoms with E-state index < -0.39 is 12.0 Å². The first-order valence-corrected chi connectivity index (χ1v) is 14.1. The molecule has 41 heavy (non-hydrogen) atoms. The largest absolute Gasteiger partial charge is 0.490 e. The molecule has 2 heterocycles. The maximum atomic E-state index is 14.1. The molecule has 0 bridgehead atoms. The minimum absolute atomic E-state index is 0.0479. The molecule has 0 saturated carbocycles. The quantitative estimate of drug-likeness (QED) is 0.266. The predicted molar refractivity (Wildman–Crippen MR) is 155 cm³/mol. The number of esters is 1. The van der Waals surface area contributed by atoms with Gasteiger partial charge in [0.15, 0.2) is 16.3 Å². The van der Waals surface area contributed by atoms with Gasteiger partial charge in [-0.05, 0) is 56.2 Å². The lowest BCUT2D eigenvalue weighted by atomic mass is 9.96. The van der Waals surface area contributed by atoms with E-state index in [4.69, 9.17) is 14.2 Å². The molecule has 0 amide bonds. The number of nitrogens with zero attached hydrogens (tertiary/aromatic N) is 2. The molecule has 3 aromatic carbocycles. The van der Waals surface area contributed by atoms with Crippen LogP contribution in [0.3, 0.4) is 0 Å². The smallest absolute Gasteiger partial charge is 0.338 e. The van der Waals surface area contributed by atoms with E-state index in [2.05, 4.69) is 4.99 Å². The van der Waals surface area contributed by atoms with E-state index in [1.165, 1.54) is 17.4 Å². The Hall–Kier alpha value is -4.50. The minimum atomic E-state index is -0.665. The van der Waals surface area contributed by atoms with Crippen LogP contribution in [0, 0.1) is 5.82 Å². The Bertz CT molecular complexity index is 1790. The summed E-state index contributed by atoms with van der Waals surface area (Å²) in [5.74, 6) is 0.109. The van der Waals surface area contributed by atoms with E-state index >= 15 is 0 Å². The van der Waals surface area contributed by atoms with Crippen molar-refractivity contribution in [2.45, 2.75) is 33.4 Å². The monoisotopic (exact) mass is 572 g/mol. The van der Waals surface area contributed by atoms with Gasteiger partial charge in [0.05, 0.1) is 35.1 Å². The summed E-state index contributed by atoms with van der Waals surface area (Å²) in [6, 6.07) is 20.5. The molecule has 4 aromatic rings. The molecule has 0 radical (unpaired) electrons. The average molecular weight is 573 g/mol. The summed E-state index contributed by atoms with van der Waals surface area (Å²) >= 11 is 1.25. The number of fused-ring (bicyclic) bond motifs is 1. The number of hydrogen-bond donors (Lipinski definition) is 0. The van der Waals surface area contributed by atoms with Gasteiger partial charge in [-0.15, -0.1) is 0 Å². The Morgan fingerprint density at radius 2 is 1.76 bits per heavy atom. The molecule has 1 aliphatic rings. The van der Waals surface area contributed by atoms with Crippen LogP contribution in [0.1, 0.15) is 43.5 Å². The van der Waals surface area contributed by atoms with Crippen LogP contribution in [0.5, 0.6) is 11.5 Å². The molecule has 0 N–H and O–H groups in total. The van der Waals surface area contributed by atoms with Crippen molar-refractivity contribution < 1.29 is 23.4 Å². The maximum Gasteiger partial charge on any atom is 0.338 e. The summed E-state index contributed by atoms with van der Waals surface area (Å²) in [5.41, 5.74) is 2.52. The highest BCUT2D eigenvalue weighted by Crippen LogP contribution is 2.31. The number of thiazole rings is 1. The van der Waals surface area contributed by atoms with Gasteiger partial charge in [-0.25, -0.2) is 14.2 Å². The summed E-state index contributed by atoms with van der Waals surface area (Å²) in [5, 5.41) is 0. The van der Waals surface area contributed by atoms with Crippen molar-refractivity contribution in [2.24, 2.45) is 4.99 Å².